The number of phenols is 1. The number of pyridine rings is 1. The molecule has 1 heterocycles. The van der Waals surface area contributed by atoms with Crippen LogP contribution < -0.4 is 0 Å². The van der Waals surface area contributed by atoms with Crippen LogP contribution in [-0.2, 0) is 5.41 Å². The summed E-state index contributed by atoms with van der Waals surface area (Å²) in [4.78, 5) is 4.37. The minimum Gasteiger partial charge on any atom is -0.508 e. The molecule has 1 aliphatic rings. The first kappa shape index (κ1) is 12.7. The molecule has 0 saturated carbocycles. The molecule has 1 aromatic heterocycles. The number of allylic oxidation sites excluding steroid dienone is 4. The highest BCUT2D eigenvalue weighted by Crippen LogP contribution is 2.39. The summed E-state index contributed by atoms with van der Waals surface area (Å²) >= 11 is 0. The van der Waals surface area contributed by atoms with Gasteiger partial charge in [-0.1, -0.05) is 37.3 Å². The Morgan fingerprint density at radius 3 is 2.75 bits per heavy atom. The lowest BCUT2D eigenvalue weighted by Crippen LogP contribution is -2.19. The van der Waals surface area contributed by atoms with Crippen molar-refractivity contribution in [2.45, 2.75) is 18.8 Å². The first-order valence-corrected chi connectivity index (χ1v) is 6.78. The molecule has 3 rings (SSSR count). The standard InChI is InChI=1S/C18H17NO/c1-18(10-4-2-5-11-18)15-13-14(8-9-17(15)20)16-7-3-6-12-19-16/h2-10,12-13,20H,11H2,1H3. The molecular weight excluding hydrogens is 246 g/mol. The third-order valence-electron chi connectivity index (χ3n) is 3.83. The van der Waals surface area contributed by atoms with Crippen molar-refractivity contribution < 1.29 is 5.11 Å². The second-order valence-electron chi connectivity index (χ2n) is 5.36. The van der Waals surface area contributed by atoms with E-state index in [-0.39, 0.29) is 5.41 Å². The van der Waals surface area contributed by atoms with Crippen LogP contribution in [0.2, 0.25) is 0 Å². The molecule has 2 nitrogen and oxygen atoms in total. The Kier molecular flexibility index (Phi) is 3.15. The van der Waals surface area contributed by atoms with Gasteiger partial charge in [-0.05, 0) is 36.8 Å². The molecule has 1 N–H and O–H groups in total. The maximum absolute atomic E-state index is 10.2. The van der Waals surface area contributed by atoms with Crippen LogP contribution >= 0.6 is 0 Å². The van der Waals surface area contributed by atoms with Crippen LogP contribution in [0.1, 0.15) is 18.9 Å². The Hall–Kier alpha value is -2.35. The lowest BCUT2D eigenvalue weighted by Gasteiger charge is -2.28. The van der Waals surface area contributed by atoms with E-state index in [2.05, 4.69) is 24.1 Å². The lowest BCUT2D eigenvalue weighted by molar-refractivity contribution is 0.449. The Bertz CT molecular complexity index is 673. The molecule has 20 heavy (non-hydrogen) atoms. The van der Waals surface area contributed by atoms with Crippen LogP contribution in [0, 0.1) is 0 Å². The molecule has 0 bridgehead atoms. The van der Waals surface area contributed by atoms with Crippen molar-refractivity contribution in [2.24, 2.45) is 0 Å². The van der Waals surface area contributed by atoms with Crippen LogP contribution in [0.15, 0.2) is 66.9 Å². The summed E-state index contributed by atoms with van der Waals surface area (Å²) in [5.74, 6) is 0.340. The average molecular weight is 263 g/mol. The summed E-state index contributed by atoms with van der Waals surface area (Å²) in [6.07, 6.45) is 11.0. The average Bonchev–Trinajstić information content (AvgIpc) is 2.49. The zero-order valence-corrected chi connectivity index (χ0v) is 11.5. The molecule has 0 aliphatic heterocycles. The predicted octanol–water partition coefficient (Wildman–Crippen LogP) is 4.23. The highest BCUT2D eigenvalue weighted by atomic mass is 16.3. The molecule has 0 radical (unpaired) electrons. The number of hydrogen-bond donors (Lipinski definition) is 1. The normalized spacial score (nSPS) is 21.1. The van der Waals surface area contributed by atoms with Gasteiger partial charge in [0.2, 0.25) is 0 Å². The van der Waals surface area contributed by atoms with Crippen molar-refractivity contribution in [3.05, 3.63) is 72.5 Å². The van der Waals surface area contributed by atoms with Crippen LogP contribution in [0.25, 0.3) is 11.3 Å². The fraction of sp³-hybridized carbons (Fsp3) is 0.167. The van der Waals surface area contributed by atoms with Gasteiger partial charge in [0.1, 0.15) is 5.75 Å². The molecule has 1 atom stereocenters. The molecule has 0 amide bonds. The van der Waals surface area contributed by atoms with Gasteiger partial charge < -0.3 is 5.11 Å². The van der Waals surface area contributed by atoms with Gasteiger partial charge in [0.15, 0.2) is 0 Å². The summed E-state index contributed by atoms with van der Waals surface area (Å²) in [6.45, 7) is 2.14. The zero-order valence-electron chi connectivity index (χ0n) is 11.5. The molecule has 0 saturated heterocycles. The third-order valence-corrected chi connectivity index (χ3v) is 3.83. The van der Waals surface area contributed by atoms with E-state index >= 15 is 0 Å². The van der Waals surface area contributed by atoms with Gasteiger partial charge in [0.05, 0.1) is 5.69 Å². The van der Waals surface area contributed by atoms with Crippen molar-refractivity contribution in [2.75, 3.05) is 0 Å². The number of benzene rings is 1. The second-order valence-corrected chi connectivity index (χ2v) is 5.36. The van der Waals surface area contributed by atoms with Crippen molar-refractivity contribution >= 4 is 0 Å². The monoisotopic (exact) mass is 263 g/mol. The largest absolute Gasteiger partial charge is 0.508 e. The van der Waals surface area contributed by atoms with Crippen LogP contribution in [0.3, 0.4) is 0 Å². The van der Waals surface area contributed by atoms with E-state index in [1.165, 1.54) is 0 Å². The van der Waals surface area contributed by atoms with Gasteiger partial charge in [-0.15, -0.1) is 0 Å². The maximum Gasteiger partial charge on any atom is 0.119 e. The molecular formula is C18H17NO. The van der Waals surface area contributed by atoms with Crippen molar-refractivity contribution in [3.63, 3.8) is 0 Å². The van der Waals surface area contributed by atoms with Crippen LogP contribution in [0.5, 0.6) is 5.75 Å². The minimum atomic E-state index is -0.163. The summed E-state index contributed by atoms with van der Waals surface area (Å²) in [6, 6.07) is 11.6. The van der Waals surface area contributed by atoms with Crippen molar-refractivity contribution in [1.29, 1.82) is 0 Å². The smallest absolute Gasteiger partial charge is 0.119 e. The van der Waals surface area contributed by atoms with E-state index in [4.69, 9.17) is 0 Å². The molecule has 0 fully saturated rings. The predicted molar refractivity (Wildman–Crippen MR) is 81.6 cm³/mol. The quantitative estimate of drug-likeness (QED) is 0.879. The molecule has 2 aromatic rings. The van der Waals surface area contributed by atoms with E-state index < -0.39 is 0 Å². The molecule has 1 aromatic carbocycles. The fourth-order valence-electron chi connectivity index (χ4n) is 2.61. The van der Waals surface area contributed by atoms with Crippen LogP contribution in [0.4, 0.5) is 0 Å². The summed E-state index contributed by atoms with van der Waals surface area (Å²) in [7, 11) is 0. The Morgan fingerprint density at radius 2 is 2.05 bits per heavy atom. The molecule has 100 valence electrons. The van der Waals surface area contributed by atoms with Gasteiger partial charge in [-0.25, -0.2) is 0 Å². The first-order chi connectivity index (χ1) is 9.69. The fourth-order valence-corrected chi connectivity index (χ4v) is 2.61. The SMILES string of the molecule is CC1(c2cc(-c3ccccn3)ccc2O)C=CC=CC1. The van der Waals surface area contributed by atoms with Gasteiger partial charge in [-0.3, -0.25) is 4.98 Å². The lowest BCUT2D eigenvalue weighted by atomic mass is 9.76. The molecule has 1 unspecified atom stereocenters. The van der Waals surface area contributed by atoms with Gasteiger partial charge in [0.25, 0.3) is 0 Å². The van der Waals surface area contributed by atoms with Gasteiger partial charge in [0, 0.05) is 22.7 Å². The number of aromatic hydroxyl groups is 1. The Labute approximate surface area is 119 Å². The van der Waals surface area contributed by atoms with E-state index in [0.29, 0.717) is 5.75 Å². The zero-order chi connectivity index (χ0) is 14.0. The molecule has 0 spiro atoms. The first-order valence-electron chi connectivity index (χ1n) is 6.78. The highest BCUT2D eigenvalue weighted by Gasteiger charge is 2.26. The van der Waals surface area contributed by atoms with Crippen molar-refractivity contribution in [3.8, 4) is 17.0 Å². The van der Waals surface area contributed by atoms with Crippen LogP contribution in [-0.4, -0.2) is 10.1 Å². The summed E-state index contributed by atoms with van der Waals surface area (Å²) < 4.78 is 0. The number of nitrogens with zero attached hydrogens (tertiary/aromatic N) is 1. The number of aromatic nitrogens is 1. The molecule has 1 aliphatic carbocycles. The van der Waals surface area contributed by atoms with Crippen molar-refractivity contribution in [1.82, 2.24) is 4.98 Å². The Balaban J connectivity index is 2.08. The number of phenolic OH excluding ortho intramolecular Hbond substituents is 1. The summed E-state index contributed by atoms with van der Waals surface area (Å²) in [5.41, 5.74) is 2.74. The van der Waals surface area contributed by atoms with E-state index in [0.717, 1.165) is 23.2 Å². The number of hydrogen-bond acceptors (Lipinski definition) is 2. The highest BCUT2D eigenvalue weighted by molar-refractivity contribution is 5.63. The van der Waals surface area contributed by atoms with Gasteiger partial charge >= 0.3 is 0 Å². The summed E-state index contributed by atoms with van der Waals surface area (Å²) in [5, 5.41) is 10.2. The van der Waals surface area contributed by atoms with E-state index in [1.54, 1.807) is 12.3 Å². The number of rotatable bonds is 2. The topological polar surface area (TPSA) is 33.1 Å². The second kappa shape index (κ2) is 4.97. The van der Waals surface area contributed by atoms with E-state index in [9.17, 15) is 5.11 Å². The Morgan fingerprint density at radius 1 is 1.15 bits per heavy atom. The van der Waals surface area contributed by atoms with Gasteiger partial charge in [-0.2, -0.15) is 0 Å². The maximum atomic E-state index is 10.2. The third kappa shape index (κ3) is 2.25. The molecule has 2 heteroatoms. The van der Waals surface area contributed by atoms with E-state index in [1.807, 2.05) is 42.5 Å². The minimum absolute atomic E-state index is 0.163.